The molecule has 0 aliphatic carbocycles. The molecule has 6 nitrogen and oxygen atoms in total. The predicted molar refractivity (Wildman–Crippen MR) is 112 cm³/mol. The molecule has 2 saturated heterocycles. The maximum Gasteiger partial charge on any atom is 0.286 e. The minimum absolute atomic E-state index is 0.0667. The van der Waals surface area contributed by atoms with Crippen LogP contribution in [0.4, 0.5) is 4.79 Å². The Morgan fingerprint density at radius 2 is 1.48 bits per heavy atom. The van der Waals surface area contributed by atoms with E-state index in [-0.39, 0.29) is 29.5 Å². The summed E-state index contributed by atoms with van der Waals surface area (Å²) < 4.78 is 0. The summed E-state index contributed by atoms with van der Waals surface area (Å²) in [4.78, 5) is 39.9. The molecule has 150 valence electrons. The van der Waals surface area contributed by atoms with Crippen LogP contribution in [0, 0.1) is 0 Å². The Balaban J connectivity index is 1.42. The number of nitrogens with zero attached hydrogens (tertiary/aromatic N) is 2. The second kappa shape index (κ2) is 8.80. The predicted octanol–water partition coefficient (Wildman–Crippen LogP) is 2.66. The highest BCUT2D eigenvalue weighted by atomic mass is 32.2. The molecule has 7 heteroatoms. The molecule has 1 N–H and O–H groups in total. The van der Waals surface area contributed by atoms with Crippen LogP contribution in [0.5, 0.6) is 0 Å². The van der Waals surface area contributed by atoms with E-state index >= 15 is 0 Å². The molecule has 0 aromatic heterocycles. The van der Waals surface area contributed by atoms with Crippen molar-refractivity contribution in [3.05, 3.63) is 71.8 Å². The smallest absolute Gasteiger partial charge is 0.286 e. The minimum Gasteiger partial charge on any atom is -0.340 e. The largest absolute Gasteiger partial charge is 0.340 e. The Kier molecular flexibility index (Phi) is 5.97. The average molecular weight is 410 g/mol. The topological polar surface area (TPSA) is 69.7 Å². The first kappa shape index (κ1) is 19.7. The van der Waals surface area contributed by atoms with Crippen molar-refractivity contribution in [3.63, 3.8) is 0 Å². The summed E-state index contributed by atoms with van der Waals surface area (Å²) >= 11 is 0.908. The molecule has 2 fully saturated rings. The van der Waals surface area contributed by atoms with Gasteiger partial charge in [-0.05, 0) is 11.1 Å². The first-order chi connectivity index (χ1) is 14.1. The number of piperazine rings is 1. The SMILES string of the molecule is O=C1NC(=O)[C@H](CC(=O)N2CCN(C(c3ccccc3)c3ccccc3)CC2)S1. The van der Waals surface area contributed by atoms with Gasteiger partial charge in [0.25, 0.3) is 5.24 Å². The van der Waals surface area contributed by atoms with Crippen LogP contribution in [0.15, 0.2) is 60.7 Å². The fourth-order valence-electron chi connectivity index (χ4n) is 3.93. The van der Waals surface area contributed by atoms with Crippen molar-refractivity contribution in [3.8, 4) is 0 Å². The molecule has 4 rings (SSSR count). The maximum absolute atomic E-state index is 12.6. The molecule has 2 heterocycles. The number of carbonyl (C=O) groups excluding carboxylic acids is 3. The lowest BCUT2D eigenvalue weighted by atomic mass is 9.96. The molecule has 29 heavy (non-hydrogen) atoms. The summed E-state index contributed by atoms with van der Waals surface area (Å²) in [6, 6.07) is 21.0. The third-order valence-corrected chi connectivity index (χ3v) is 6.37. The van der Waals surface area contributed by atoms with Gasteiger partial charge in [-0.3, -0.25) is 24.6 Å². The number of thioether (sulfide) groups is 1. The van der Waals surface area contributed by atoms with Gasteiger partial charge in [0, 0.05) is 32.6 Å². The zero-order chi connectivity index (χ0) is 20.2. The minimum atomic E-state index is -0.602. The van der Waals surface area contributed by atoms with E-state index in [1.807, 2.05) is 12.1 Å². The van der Waals surface area contributed by atoms with Gasteiger partial charge in [0.15, 0.2) is 0 Å². The van der Waals surface area contributed by atoms with Crippen molar-refractivity contribution in [2.45, 2.75) is 17.7 Å². The fourth-order valence-corrected chi connectivity index (χ4v) is 4.74. The molecule has 2 aliphatic heterocycles. The molecule has 0 unspecified atom stereocenters. The molecule has 2 aromatic rings. The van der Waals surface area contributed by atoms with Crippen molar-refractivity contribution < 1.29 is 14.4 Å². The van der Waals surface area contributed by atoms with Gasteiger partial charge in [-0.15, -0.1) is 0 Å². The van der Waals surface area contributed by atoms with Gasteiger partial charge in [0.05, 0.1) is 6.04 Å². The maximum atomic E-state index is 12.6. The monoisotopic (exact) mass is 409 g/mol. The van der Waals surface area contributed by atoms with Crippen LogP contribution < -0.4 is 5.32 Å². The van der Waals surface area contributed by atoms with Gasteiger partial charge in [-0.2, -0.15) is 0 Å². The van der Waals surface area contributed by atoms with Crippen LogP contribution in [0.25, 0.3) is 0 Å². The van der Waals surface area contributed by atoms with Gasteiger partial charge in [-0.1, -0.05) is 72.4 Å². The van der Waals surface area contributed by atoms with Crippen LogP contribution >= 0.6 is 11.8 Å². The normalized spacial score (nSPS) is 20.2. The van der Waals surface area contributed by atoms with E-state index in [1.165, 1.54) is 11.1 Å². The second-order valence-corrected chi connectivity index (χ2v) is 8.40. The number of imide groups is 1. The van der Waals surface area contributed by atoms with Crippen molar-refractivity contribution in [2.24, 2.45) is 0 Å². The molecular formula is C22H23N3O3S. The third kappa shape index (κ3) is 4.52. The van der Waals surface area contributed by atoms with Crippen molar-refractivity contribution >= 4 is 28.8 Å². The number of hydrogen-bond donors (Lipinski definition) is 1. The van der Waals surface area contributed by atoms with Gasteiger partial charge >= 0.3 is 0 Å². The summed E-state index contributed by atoms with van der Waals surface area (Å²) in [6.45, 7) is 2.73. The Morgan fingerprint density at radius 1 is 0.931 bits per heavy atom. The molecule has 0 bridgehead atoms. The van der Waals surface area contributed by atoms with E-state index < -0.39 is 5.25 Å². The number of carbonyl (C=O) groups is 3. The quantitative estimate of drug-likeness (QED) is 0.822. The summed E-state index contributed by atoms with van der Waals surface area (Å²) in [7, 11) is 0. The van der Waals surface area contributed by atoms with Gasteiger partial charge in [0.1, 0.15) is 5.25 Å². The van der Waals surface area contributed by atoms with Crippen LogP contribution in [0.2, 0.25) is 0 Å². The molecule has 0 radical (unpaired) electrons. The summed E-state index contributed by atoms with van der Waals surface area (Å²) in [5, 5.41) is 1.27. The van der Waals surface area contributed by atoms with Gasteiger partial charge < -0.3 is 4.90 Å². The lowest BCUT2D eigenvalue weighted by Crippen LogP contribution is -2.50. The van der Waals surface area contributed by atoms with E-state index in [0.29, 0.717) is 13.1 Å². The summed E-state index contributed by atoms with van der Waals surface area (Å²) in [5.41, 5.74) is 2.46. The molecule has 0 saturated carbocycles. The van der Waals surface area contributed by atoms with Crippen LogP contribution in [0.1, 0.15) is 23.6 Å². The van der Waals surface area contributed by atoms with E-state index in [9.17, 15) is 14.4 Å². The number of nitrogens with one attached hydrogen (secondary N) is 1. The number of rotatable bonds is 5. The number of benzene rings is 2. The average Bonchev–Trinajstić information content (AvgIpc) is 3.07. The van der Waals surface area contributed by atoms with E-state index in [2.05, 4.69) is 58.7 Å². The Labute approximate surface area is 174 Å². The molecule has 2 aliphatic rings. The van der Waals surface area contributed by atoms with Crippen molar-refractivity contribution in [1.29, 1.82) is 0 Å². The molecule has 2 aromatic carbocycles. The lowest BCUT2D eigenvalue weighted by molar-refractivity contribution is -0.134. The number of amides is 3. The molecule has 3 amide bonds. The number of hydrogen-bond acceptors (Lipinski definition) is 5. The highest BCUT2D eigenvalue weighted by molar-refractivity contribution is 8.15. The standard InChI is InChI=1S/C22H23N3O3S/c26-19(15-18-21(27)23-22(28)29-18)24-11-13-25(14-12-24)20(16-7-3-1-4-8-16)17-9-5-2-6-10-17/h1-10,18,20H,11-15H2,(H,23,27,28)/t18-/m0/s1. The van der Waals surface area contributed by atoms with Crippen molar-refractivity contribution in [2.75, 3.05) is 26.2 Å². The van der Waals surface area contributed by atoms with E-state index in [1.54, 1.807) is 4.90 Å². The highest BCUT2D eigenvalue weighted by Gasteiger charge is 2.35. The fraction of sp³-hybridized carbons (Fsp3) is 0.318. The van der Waals surface area contributed by atoms with E-state index in [4.69, 9.17) is 0 Å². The second-order valence-electron chi connectivity index (χ2n) is 7.23. The van der Waals surface area contributed by atoms with Gasteiger partial charge in [0.2, 0.25) is 11.8 Å². The highest BCUT2D eigenvalue weighted by Crippen LogP contribution is 2.30. The van der Waals surface area contributed by atoms with Crippen LogP contribution in [0.3, 0.4) is 0 Å². The van der Waals surface area contributed by atoms with E-state index in [0.717, 1.165) is 24.9 Å². The molecule has 0 spiro atoms. The van der Waals surface area contributed by atoms with Gasteiger partial charge in [-0.25, -0.2) is 0 Å². The zero-order valence-electron chi connectivity index (χ0n) is 16.0. The van der Waals surface area contributed by atoms with Crippen molar-refractivity contribution in [1.82, 2.24) is 15.1 Å². The first-order valence-corrected chi connectivity index (χ1v) is 10.6. The Morgan fingerprint density at radius 3 is 1.97 bits per heavy atom. The van der Waals surface area contributed by atoms with Crippen LogP contribution in [-0.2, 0) is 9.59 Å². The first-order valence-electron chi connectivity index (χ1n) is 9.75. The lowest BCUT2D eigenvalue weighted by Gasteiger charge is -2.40. The summed E-state index contributed by atoms with van der Waals surface area (Å²) in [5.74, 6) is -0.428. The summed E-state index contributed by atoms with van der Waals surface area (Å²) in [6.07, 6.45) is 0.0725. The zero-order valence-corrected chi connectivity index (χ0v) is 16.8. The molecular weight excluding hydrogens is 386 g/mol. The third-order valence-electron chi connectivity index (χ3n) is 5.39. The molecule has 1 atom stereocenters. The van der Waals surface area contributed by atoms with Crippen LogP contribution in [-0.4, -0.2) is 58.3 Å². The Bertz CT molecular complexity index is 843. The Hall–Kier alpha value is -2.64.